The number of benzene rings is 1. The largest absolute Gasteiger partial charge is 0.478 e. The van der Waals surface area contributed by atoms with Gasteiger partial charge in [0.2, 0.25) is 0 Å². The first-order chi connectivity index (χ1) is 8.90. The molecule has 0 atom stereocenters. The molecule has 1 aliphatic rings. The molecule has 1 aromatic rings. The molecule has 0 spiro atoms. The summed E-state index contributed by atoms with van der Waals surface area (Å²) in [7, 11) is 0. The van der Waals surface area contributed by atoms with Crippen LogP contribution in [0.5, 0.6) is 0 Å². The summed E-state index contributed by atoms with van der Waals surface area (Å²) in [4.78, 5) is 35.1. The average Bonchev–Trinajstić information content (AvgIpc) is 2.64. The number of aromatic carboxylic acids is 1. The molecule has 0 saturated heterocycles. The Morgan fingerprint density at radius 3 is 2.00 bits per heavy atom. The molecule has 1 aliphatic heterocycles. The van der Waals surface area contributed by atoms with Crippen LogP contribution in [0.3, 0.4) is 0 Å². The standard InChI is InChI=1S/C14H13NO4/c1-8-5-10(14(18)19)6-9(2)11(8)7-15-12(16)3-4-13(15)17/h3-6H,7H2,1-2H3,(H,18,19). The fourth-order valence-electron chi connectivity index (χ4n) is 2.11. The third-order valence-electron chi connectivity index (χ3n) is 3.16. The Hall–Kier alpha value is -2.43. The van der Waals surface area contributed by atoms with Crippen LogP contribution in [0.25, 0.3) is 0 Å². The van der Waals surface area contributed by atoms with Crippen LogP contribution in [0, 0.1) is 13.8 Å². The lowest BCUT2D eigenvalue weighted by atomic mass is 9.99. The van der Waals surface area contributed by atoms with Crippen molar-refractivity contribution in [2.75, 3.05) is 0 Å². The van der Waals surface area contributed by atoms with E-state index in [-0.39, 0.29) is 23.9 Å². The van der Waals surface area contributed by atoms with Gasteiger partial charge in [-0.25, -0.2) is 4.79 Å². The van der Waals surface area contributed by atoms with Gasteiger partial charge in [0.25, 0.3) is 11.8 Å². The summed E-state index contributed by atoms with van der Waals surface area (Å²) in [6.45, 7) is 3.71. The lowest BCUT2D eigenvalue weighted by molar-refractivity contribution is -0.137. The normalized spacial score (nSPS) is 14.3. The van der Waals surface area contributed by atoms with Gasteiger partial charge in [-0.15, -0.1) is 0 Å². The van der Waals surface area contributed by atoms with Crippen molar-refractivity contribution >= 4 is 17.8 Å². The summed E-state index contributed by atoms with van der Waals surface area (Å²) in [6, 6.07) is 3.09. The van der Waals surface area contributed by atoms with E-state index in [1.165, 1.54) is 12.2 Å². The third-order valence-corrected chi connectivity index (χ3v) is 3.16. The second-order valence-electron chi connectivity index (χ2n) is 4.49. The van der Waals surface area contributed by atoms with Gasteiger partial charge in [0.1, 0.15) is 0 Å². The number of aryl methyl sites for hydroxylation is 2. The number of hydrogen-bond acceptors (Lipinski definition) is 3. The number of imide groups is 1. The molecule has 0 radical (unpaired) electrons. The summed E-state index contributed by atoms with van der Waals surface area (Å²) in [5, 5.41) is 8.96. The summed E-state index contributed by atoms with van der Waals surface area (Å²) in [6.07, 6.45) is 2.47. The highest BCUT2D eigenvalue weighted by molar-refractivity contribution is 6.12. The fraction of sp³-hybridized carbons (Fsp3) is 0.214. The number of rotatable bonds is 3. The Labute approximate surface area is 110 Å². The van der Waals surface area contributed by atoms with Crippen LogP contribution in [0.2, 0.25) is 0 Å². The molecule has 5 nitrogen and oxygen atoms in total. The highest BCUT2D eigenvalue weighted by atomic mass is 16.4. The maximum atomic E-state index is 11.5. The van der Waals surface area contributed by atoms with Crippen molar-refractivity contribution in [2.24, 2.45) is 0 Å². The molecule has 0 aliphatic carbocycles. The zero-order valence-corrected chi connectivity index (χ0v) is 10.6. The first-order valence-corrected chi connectivity index (χ1v) is 5.77. The monoisotopic (exact) mass is 259 g/mol. The van der Waals surface area contributed by atoms with E-state index in [1.807, 2.05) is 0 Å². The van der Waals surface area contributed by atoms with Crippen LogP contribution in [0.1, 0.15) is 27.0 Å². The maximum Gasteiger partial charge on any atom is 0.335 e. The highest BCUT2D eigenvalue weighted by Crippen LogP contribution is 2.20. The summed E-state index contributed by atoms with van der Waals surface area (Å²) in [5.41, 5.74) is 2.51. The Morgan fingerprint density at radius 2 is 1.58 bits per heavy atom. The van der Waals surface area contributed by atoms with Crippen LogP contribution >= 0.6 is 0 Å². The Bertz CT molecular complexity index is 575. The lowest BCUT2D eigenvalue weighted by Crippen LogP contribution is -2.30. The topological polar surface area (TPSA) is 74.7 Å². The maximum absolute atomic E-state index is 11.5. The number of carboxylic acids is 1. The zero-order valence-electron chi connectivity index (χ0n) is 10.6. The molecule has 0 aromatic heterocycles. The van der Waals surface area contributed by atoms with Crippen LogP contribution < -0.4 is 0 Å². The van der Waals surface area contributed by atoms with Gasteiger partial charge < -0.3 is 5.11 Å². The van der Waals surface area contributed by atoms with Gasteiger partial charge >= 0.3 is 5.97 Å². The van der Waals surface area contributed by atoms with E-state index in [0.29, 0.717) is 0 Å². The van der Waals surface area contributed by atoms with Gasteiger partial charge in [-0.05, 0) is 42.7 Å². The molecule has 0 bridgehead atoms. The SMILES string of the molecule is Cc1cc(C(=O)O)cc(C)c1CN1C(=O)C=CC1=O. The van der Waals surface area contributed by atoms with Gasteiger partial charge in [0, 0.05) is 12.2 Å². The first kappa shape index (κ1) is 13.0. The molecule has 2 rings (SSSR count). The summed E-state index contributed by atoms with van der Waals surface area (Å²) < 4.78 is 0. The molecule has 0 saturated carbocycles. The predicted octanol–water partition coefficient (Wildman–Crippen LogP) is 1.43. The van der Waals surface area contributed by atoms with E-state index in [2.05, 4.69) is 0 Å². The quantitative estimate of drug-likeness (QED) is 0.833. The minimum atomic E-state index is -0.993. The van der Waals surface area contributed by atoms with Gasteiger partial charge in [-0.2, -0.15) is 0 Å². The number of nitrogens with zero attached hydrogens (tertiary/aromatic N) is 1. The van der Waals surface area contributed by atoms with Gasteiger partial charge in [-0.1, -0.05) is 0 Å². The van der Waals surface area contributed by atoms with E-state index in [0.717, 1.165) is 21.6 Å². The minimum absolute atomic E-state index is 0.169. The van der Waals surface area contributed by atoms with Crippen LogP contribution in [-0.4, -0.2) is 27.8 Å². The van der Waals surface area contributed by atoms with Crippen LogP contribution in [-0.2, 0) is 16.1 Å². The summed E-state index contributed by atoms with van der Waals surface area (Å²) in [5.74, 6) is -1.68. The average molecular weight is 259 g/mol. The molecule has 5 heteroatoms. The molecule has 2 amide bonds. The number of amides is 2. The van der Waals surface area contributed by atoms with Gasteiger partial charge in [-0.3, -0.25) is 14.5 Å². The Kier molecular flexibility index (Phi) is 3.21. The lowest BCUT2D eigenvalue weighted by Gasteiger charge is -2.18. The fourth-order valence-corrected chi connectivity index (χ4v) is 2.11. The van der Waals surface area contributed by atoms with E-state index >= 15 is 0 Å². The Morgan fingerprint density at radius 1 is 1.11 bits per heavy atom. The molecular weight excluding hydrogens is 246 g/mol. The summed E-state index contributed by atoms with van der Waals surface area (Å²) >= 11 is 0. The molecular formula is C14H13NO4. The van der Waals surface area contributed by atoms with Crippen molar-refractivity contribution in [3.05, 3.63) is 46.5 Å². The predicted molar refractivity (Wildman–Crippen MR) is 67.6 cm³/mol. The molecule has 1 heterocycles. The van der Waals surface area contributed by atoms with Crippen molar-refractivity contribution < 1.29 is 19.5 Å². The zero-order chi connectivity index (χ0) is 14.2. The molecule has 0 fully saturated rings. The van der Waals surface area contributed by atoms with Crippen molar-refractivity contribution in [1.82, 2.24) is 4.90 Å². The van der Waals surface area contributed by atoms with Gasteiger partial charge in [0.15, 0.2) is 0 Å². The molecule has 1 aromatic carbocycles. The third kappa shape index (κ3) is 2.40. The number of carbonyl (C=O) groups excluding carboxylic acids is 2. The second-order valence-corrected chi connectivity index (χ2v) is 4.49. The van der Waals surface area contributed by atoms with Crippen LogP contribution in [0.4, 0.5) is 0 Å². The highest BCUT2D eigenvalue weighted by Gasteiger charge is 2.24. The second kappa shape index (κ2) is 4.68. The van der Waals surface area contributed by atoms with Crippen molar-refractivity contribution in [2.45, 2.75) is 20.4 Å². The minimum Gasteiger partial charge on any atom is -0.478 e. The van der Waals surface area contributed by atoms with Crippen molar-refractivity contribution in [3.63, 3.8) is 0 Å². The van der Waals surface area contributed by atoms with E-state index in [1.54, 1.807) is 26.0 Å². The van der Waals surface area contributed by atoms with E-state index in [4.69, 9.17) is 5.11 Å². The smallest absolute Gasteiger partial charge is 0.335 e. The first-order valence-electron chi connectivity index (χ1n) is 5.77. The molecule has 98 valence electrons. The van der Waals surface area contributed by atoms with Gasteiger partial charge in [0.05, 0.1) is 12.1 Å². The Balaban J connectivity index is 2.34. The van der Waals surface area contributed by atoms with Crippen LogP contribution in [0.15, 0.2) is 24.3 Å². The molecule has 1 N–H and O–H groups in total. The number of carbonyl (C=O) groups is 3. The van der Waals surface area contributed by atoms with E-state index < -0.39 is 5.97 Å². The number of hydrogen-bond donors (Lipinski definition) is 1. The van der Waals surface area contributed by atoms with E-state index in [9.17, 15) is 14.4 Å². The molecule has 19 heavy (non-hydrogen) atoms. The number of carboxylic acid groups (broad SMARTS) is 1. The van der Waals surface area contributed by atoms with Crippen molar-refractivity contribution in [1.29, 1.82) is 0 Å². The molecule has 0 unspecified atom stereocenters. The van der Waals surface area contributed by atoms with Crippen molar-refractivity contribution in [3.8, 4) is 0 Å².